The molecule has 7 heteroatoms. The number of anilines is 1. The second-order valence-corrected chi connectivity index (χ2v) is 4.81. The van der Waals surface area contributed by atoms with Crippen LogP contribution in [0.1, 0.15) is 35.4 Å². The molecule has 1 fully saturated rings. The van der Waals surface area contributed by atoms with Gasteiger partial charge in [0.25, 0.3) is 0 Å². The summed E-state index contributed by atoms with van der Waals surface area (Å²) in [4.78, 5) is 27.5. The van der Waals surface area contributed by atoms with Crippen molar-refractivity contribution in [2.75, 3.05) is 11.9 Å². The maximum atomic E-state index is 12.2. The molecule has 0 spiro atoms. The van der Waals surface area contributed by atoms with Gasteiger partial charge in [0.2, 0.25) is 0 Å². The highest BCUT2D eigenvalue weighted by Crippen LogP contribution is 2.28. The summed E-state index contributed by atoms with van der Waals surface area (Å²) in [5.74, 6) is -1.12. The third kappa shape index (κ3) is 3.09. The van der Waals surface area contributed by atoms with Crippen LogP contribution in [0.2, 0.25) is 0 Å². The van der Waals surface area contributed by atoms with Gasteiger partial charge in [0.1, 0.15) is 5.69 Å². The number of aromatic nitrogens is 1. The van der Waals surface area contributed by atoms with Crippen molar-refractivity contribution >= 4 is 17.7 Å². The Morgan fingerprint density at radius 2 is 2.30 bits per heavy atom. The number of hydrogen-bond acceptors (Lipinski definition) is 3. The van der Waals surface area contributed by atoms with Crippen LogP contribution < -0.4 is 5.32 Å². The standard InChI is InChI=1S/C13H16N4O3/c1-8-7-10(11(15-8)12(18)19)16-13(20)17(6-2-5-14)9-3-4-9/h7,9,15H,2-4,6H2,1H3,(H,16,20)(H,18,19). The first-order valence-corrected chi connectivity index (χ1v) is 6.40. The minimum atomic E-state index is -1.12. The summed E-state index contributed by atoms with van der Waals surface area (Å²) in [6.45, 7) is 2.08. The molecule has 0 atom stereocenters. The Morgan fingerprint density at radius 3 is 2.85 bits per heavy atom. The molecule has 1 saturated carbocycles. The van der Waals surface area contributed by atoms with E-state index in [2.05, 4.69) is 10.3 Å². The molecular weight excluding hydrogens is 260 g/mol. The average molecular weight is 276 g/mol. The SMILES string of the molecule is Cc1cc(NC(=O)N(CCC#N)C2CC2)c(C(=O)O)[nH]1. The van der Waals surface area contributed by atoms with E-state index in [1.54, 1.807) is 17.9 Å². The van der Waals surface area contributed by atoms with Crippen molar-refractivity contribution < 1.29 is 14.7 Å². The van der Waals surface area contributed by atoms with Crippen LogP contribution in [0, 0.1) is 18.3 Å². The number of carboxylic acid groups (broad SMARTS) is 1. The van der Waals surface area contributed by atoms with Gasteiger partial charge in [-0.15, -0.1) is 0 Å². The third-order valence-electron chi connectivity index (χ3n) is 3.12. The van der Waals surface area contributed by atoms with Gasteiger partial charge >= 0.3 is 12.0 Å². The zero-order valence-corrected chi connectivity index (χ0v) is 11.1. The molecule has 1 aliphatic carbocycles. The lowest BCUT2D eigenvalue weighted by Gasteiger charge is -2.21. The highest BCUT2D eigenvalue weighted by atomic mass is 16.4. The highest BCUT2D eigenvalue weighted by molar-refractivity contribution is 5.99. The number of hydrogen-bond donors (Lipinski definition) is 3. The van der Waals surface area contributed by atoms with Crippen LogP contribution in [0.3, 0.4) is 0 Å². The lowest BCUT2D eigenvalue weighted by Crippen LogP contribution is -2.37. The Bertz CT molecular complexity index is 569. The topological polar surface area (TPSA) is 109 Å². The maximum Gasteiger partial charge on any atom is 0.354 e. The van der Waals surface area contributed by atoms with Gasteiger partial charge in [-0.1, -0.05) is 0 Å². The fourth-order valence-corrected chi connectivity index (χ4v) is 2.05. The Morgan fingerprint density at radius 1 is 1.60 bits per heavy atom. The summed E-state index contributed by atoms with van der Waals surface area (Å²) >= 11 is 0. The number of aromatic carboxylic acids is 1. The van der Waals surface area contributed by atoms with Crippen molar-refractivity contribution in [1.82, 2.24) is 9.88 Å². The number of rotatable bonds is 5. The van der Waals surface area contributed by atoms with Crippen molar-refractivity contribution in [1.29, 1.82) is 5.26 Å². The van der Waals surface area contributed by atoms with Gasteiger partial charge in [-0.3, -0.25) is 0 Å². The van der Waals surface area contributed by atoms with Crippen LogP contribution in [0.5, 0.6) is 0 Å². The number of aromatic amines is 1. The number of carbonyl (C=O) groups excluding carboxylic acids is 1. The van der Waals surface area contributed by atoms with Crippen molar-refractivity contribution in [3.8, 4) is 6.07 Å². The second-order valence-electron chi connectivity index (χ2n) is 4.81. The Kier molecular flexibility index (Phi) is 3.94. The number of urea groups is 1. The Labute approximate surface area is 116 Å². The third-order valence-corrected chi connectivity index (χ3v) is 3.12. The van der Waals surface area contributed by atoms with Crippen molar-refractivity contribution in [3.05, 3.63) is 17.5 Å². The summed E-state index contributed by atoms with van der Waals surface area (Å²) in [7, 11) is 0. The number of aryl methyl sites for hydroxylation is 1. The van der Waals surface area contributed by atoms with E-state index in [9.17, 15) is 9.59 Å². The monoisotopic (exact) mass is 276 g/mol. The second kappa shape index (κ2) is 5.65. The molecule has 0 saturated heterocycles. The molecule has 106 valence electrons. The molecule has 0 aromatic carbocycles. The van der Waals surface area contributed by atoms with E-state index in [1.165, 1.54) is 0 Å². The predicted molar refractivity (Wildman–Crippen MR) is 71.5 cm³/mol. The molecule has 2 amide bonds. The minimum absolute atomic E-state index is 0.0353. The van der Waals surface area contributed by atoms with Gasteiger partial charge in [0.05, 0.1) is 18.2 Å². The molecule has 3 N–H and O–H groups in total. The molecular formula is C13H16N4O3. The van der Waals surface area contributed by atoms with Crippen LogP contribution in [-0.2, 0) is 0 Å². The number of nitrogens with zero attached hydrogens (tertiary/aromatic N) is 2. The fraction of sp³-hybridized carbons (Fsp3) is 0.462. The predicted octanol–water partition coefficient (Wildman–Crippen LogP) is 1.93. The lowest BCUT2D eigenvalue weighted by atomic mass is 10.3. The van der Waals surface area contributed by atoms with Gasteiger partial charge in [0, 0.05) is 18.3 Å². The molecule has 0 aliphatic heterocycles. The fourth-order valence-electron chi connectivity index (χ4n) is 2.05. The van der Waals surface area contributed by atoms with Crippen LogP contribution in [0.25, 0.3) is 0 Å². The normalized spacial score (nSPS) is 13.6. The van der Waals surface area contributed by atoms with Crippen LogP contribution >= 0.6 is 0 Å². The summed E-state index contributed by atoms with van der Waals surface area (Å²) < 4.78 is 0. The van der Waals surface area contributed by atoms with Gasteiger partial charge in [0.15, 0.2) is 0 Å². The quantitative estimate of drug-likeness (QED) is 0.763. The number of nitriles is 1. The number of H-pyrrole nitrogens is 1. The number of amides is 2. The minimum Gasteiger partial charge on any atom is -0.477 e. The summed E-state index contributed by atoms with van der Waals surface area (Å²) in [5, 5.41) is 20.3. The van der Waals surface area contributed by atoms with Crippen LogP contribution in [0.4, 0.5) is 10.5 Å². The van der Waals surface area contributed by atoms with E-state index in [-0.39, 0.29) is 29.9 Å². The molecule has 1 heterocycles. The van der Waals surface area contributed by atoms with Gasteiger partial charge < -0.3 is 20.3 Å². The first-order valence-electron chi connectivity index (χ1n) is 6.40. The number of carboxylic acids is 1. The highest BCUT2D eigenvalue weighted by Gasteiger charge is 2.32. The van der Waals surface area contributed by atoms with Gasteiger partial charge in [-0.25, -0.2) is 9.59 Å². The molecule has 7 nitrogen and oxygen atoms in total. The van der Waals surface area contributed by atoms with E-state index in [1.807, 2.05) is 6.07 Å². The molecule has 20 heavy (non-hydrogen) atoms. The average Bonchev–Trinajstić information content (AvgIpc) is 3.14. The van der Waals surface area contributed by atoms with Crippen molar-refractivity contribution in [3.63, 3.8) is 0 Å². The number of nitrogens with one attached hydrogen (secondary N) is 2. The van der Waals surface area contributed by atoms with Gasteiger partial charge in [-0.2, -0.15) is 5.26 Å². The molecule has 1 aromatic rings. The maximum absolute atomic E-state index is 12.2. The van der Waals surface area contributed by atoms with E-state index in [4.69, 9.17) is 10.4 Å². The van der Waals surface area contributed by atoms with Crippen LogP contribution in [0.15, 0.2) is 6.07 Å². The van der Waals surface area contributed by atoms with Gasteiger partial charge in [-0.05, 0) is 25.8 Å². The molecule has 0 bridgehead atoms. The van der Waals surface area contributed by atoms with Crippen molar-refractivity contribution in [2.45, 2.75) is 32.2 Å². The molecule has 0 unspecified atom stereocenters. The molecule has 1 aromatic heterocycles. The van der Waals surface area contributed by atoms with Crippen molar-refractivity contribution in [2.24, 2.45) is 0 Å². The zero-order valence-electron chi connectivity index (χ0n) is 11.1. The van der Waals surface area contributed by atoms with E-state index < -0.39 is 5.97 Å². The lowest BCUT2D eigenvalue weighted by molar-refractivity contribution is 0.0692. The van der Waals surface area contributed by atoms with E-state index >= 15 is 0 Å². The van der Waals surface area contributed by atoms with Crippen LogP contribution in [-0.4, -0.2) is 39.6 Å². The molecule has 2 rings (SSSR count). The zero-order chi connectivity index (χ0) is 14.7. The number of carbonyl (C=O) groups is 2. The van der Waals surface area contributed by atoms with E-state index in [0.717, 1.165) is 12.8 Å². The Balaban J connectivity index is 2.10. The smallest absolute Gasteiger partial charge is 0.354 e. The molecule has 1 aliphatic rings. The summed E-state index contributed by atoms with van der Waals surface area (Å²) in [5.41, 5.74) is 0.877. The molecule has 0 radical (unpaired) electrons. The largest absolute Gasteiger partial charge is 0.477 e. The van der Waals surface area contributed by atoms with E-state index in [0.29, 0.717) is 12.2 Å². The first kappa shape index (κ1) is 13.9. The Hall–Kier alpha value is -2.49. The first-order chi connectivity index (χ1) is 9.52. The summed E-state index contributed by atoms with van der Waals surface area (Å²) in [6, 6.07) is 3.40. The summed E-state index contributed by atoms with van der Waals surface area (Å²) in [6.07, 6.45) is 2.12.